The van der Waals surface area contributed by atoms with Crippen molar-refractivity contribution in [3.63, 3.8) is 0 Å². The second kappa shape index (κ2) is 8.23. The molecule has 1 aliphatic heterocycles. The summed E-state index contributed by atoms with van der Waals surface area (Å²) in [6, 6.07) is 7.77. The lowest BCUT2D eigenvalue weighted by molar-refractivity contribution is 0.105. The molecule has 11 heteroatoms. The molecule has 1 aliphatic rings. The van der Waals surface area contributed by atoms with Crippen LogP contribution in [0, 0.1) is 13.8 Å². The van der Waals surface area contributed by atoms with Crippen LogP contribution in [0.1, 0.15) is 17.5 Å². The first-order valence-electron chi connectivity index (χ1n) is 10.6. The Morgan fingerprint density at radius 2 is 1.81 bits per heavy atom. The quantitative estimate of drug-likeness (QED) is 0.503. The zero-order valence-corrected chi connectivity index (χ0v) is 19.0. The van der Waals surface area contributed by atoms with Crippen LogP contribution in [0.2, 0.25) is 0 Å². The number of piperazine rings is 1. The first-order chi connectivity index (χ1) is 15.5. The number of thiazole rings is 1. The minimum atomic E-state index is -0.275. The molecule has 1 aromatic carbocycles. The number of rotatable bonds is 4. The predicted molar refractivity (Wildman–Crippen MR) is 124 cm³/mol. The first kappa shape index (κ1) is 20.4. The molecule has 0 unspecified atom stereocenters. The number of aromatic nitrogens is 5. The number of carbonyl (C=O) groups is 1. The van der Waals surface area contributed by atoms with Gasteiger partial charge in [0.05, 0.1) is 23.3 Å². The molecule has 1 saturated heterocycles. The number of para-hydroxylation sites is 2. The molecule has 3 aromatic heterocycles. The fraction of sp³-hybridized carbons (Fsp3) is 0.381. The second-order valence-corrected chi connectivity index (χ2v) is 8.74. The topological polar surface area (TPSA) is 101 Å². The van der Waals surface area contributed by atoms with Crippen LogP contribution in [-0.2, 0) is 4.74 Å². The van der Waals surface area contributed by atoms with Crippen molar-refractivity contribution in [2.45, 2.75) is 20.8 Å². The molecule has 1 fully saturated rings. The van der Waals surface area contributed by atoms with Crippen molar-refractivity contribution in [1.29, 1.82) is 0 Å². The van der Waals surface area contributed by atoms with E-state index in [4.69, 9.17) is 14.7 Å². The number of hydrogen-bond acceptors (Lipinski definition) is 9. The number of hydrogen-bond donors (Lipinski definition) is 1. The fourth-order valence-electron chi connectivity index (χ4n) is 3.71. The van der Waals surface area contributed by atoms with Crippen LogP contribution in [0.25, 0.3) is 16.0 Å². The Balaban J connectivity index is 1.46. The molecular weight excluding hydrogens is 428 g/mol. The molecule has 4 aromatic rings. The van der Waals surface area contributed by atoms with E-state index >= 15 is 0 Å². The van der Waals surface area contributed by atoms with E-state index in [2.05, 4.69) is 27.2 Å². The third-order valence-electron chi connectivity index (χ3n) is 5.54. The smallest absolute Gasteiger partial charge is 0.409 e. The Morgan fingerprint density at radius 1 is 1.09 bits per heavy atom. The molecule has 4 heterocycles. The standard InChI is InChI=1S/C21H24N8O2S/c1-4-31-21(30)28-11-9-27(10-12-28)18-17(22-15-7-5-6-8-16(15)23-18)24-19-25-20-29(26-19)13(2)14(3)32-20/h5-8H,4,9-12H2,1-3H3,(H,22,24,26). The molecular formula is C21H24N8O2S. The number of anilines is 3. The maximum Gasteiger partial charge on any atom is 0.409 e. The Labute approximate surface area is 188 Å². The van der Waals surface area contributed by atoms with Crippen molar-refractivity contribution >= 4 is 51.0 Å². The monoisotopic (exact) mass is 452 g/mol. The molecule has 5 rings (SSSR count). The molecule has 1 N–H and O–H groups in total. The van der Waals surface area contributed by atoms with Crippen molar-refractivity contribution in [3.05, 3.63) is 34.8 Å². The molecule has 0 saturated carbocycles. The number of nitrogens with zero attached hydrogens (tertiary/aromatic N) is 7. The molecule has 1 amide bonds. The Morgan fingerprint density at radius 3 is 2.50 bits per heavy atom. The minimum absolute atomic E-state index is 0.275. The van der Waals surface area contributed by atoms with Crippen molar-refractivity contribution < 1.29 is 9.53 Å². The summed E-state index contributed by atoms with van der Waals surface area (Å²) in [7, 11) is 0. The summed E-state index contributed by atoms with van der Waals surface area (Å²) in [6.07, 6.45) is -0.275. The maximum absolute atomic E-state index is 12.1. The number of amides is 1. The molecule has 10 nitrogen and oxygen atoms in total. The minimum Gasteiger partial charge on any atom is -0.450 e. The summed E-state index contributed by atoms with van der Waals surface area (Å²) in [5.41, 5.74) is 2.67. The molecule has 32 heavy (non-hydrogen) atoms. The van der Waals surface area contributed by atoms with Gasteiger partial charge in [0.25, 0.3) is 0 Å². The van der Waals surface area contributed by atoms with Crippen LogP contribution < -0.4 is 10.2 Å². The lowest BCUT2D eigenvalue weighted by Crippen LogP contribution is -2.49. The zero-order chi connectivity index (χ0) is 22.2. The van der Waals surface area contributed by atoms with Gasteiger partial charge in [-0.3, -0.25) is 0 Å². The highest BCUT2D eigenvalue weighted by atomic mass is 32.1. The first-order valence-corrected chi connectivity index (χ1v) is 11.4. The maximum atomic E-state index is 12.1. The van der Waals surface area contributed by atoms with Gasteiger partial charge in [0.1, 0.15) is 0 Å². The van der Waals surface area contributed by atoms with E-state index in [0.29, 0.717) is 44.6 Å². The molecule has 0 bridgehead atoms. The highest BCUT2D eigenvalue weighted by Gasteiger charge is 2.25. The van der Waals surface area contributed by atoms with Gasteiger partial charge in [0, 0.05) is 31.1 Å². The molecule has 0 radical (unpaired) electrons. The summed E-state index contributed by atoms with van der Waals surface area (Å²) in [5, 5.41) is 7.88. The predicted octanol–water partition coefficient (Wildman–Crippen LogP) is 3.37. The molecule has 0 aliphatic carbocycles. The summed E-state index contributed by atoms with van der Waals surface area (Å²) in [4.78, 5) is 32.3. The van der Waals surface area contributed by atoms with Crippen molar-refractivity contribution in [2.24, 2.45) is 0 Å². The number of fused-ring (bicyclic) bond motifs is 2. The number of nitrogens with one attached hydrogen (secondary N) is 1. The average molecular weight is 453 g/mol. The van der Waals surface area contributed by atoms with Gasteiger partial charge in [-0.2, -0.15) is 4.98 Å². The van der Waals surface area contributed by atoms with Gasteiger partial charge in [-0.15, -0.1) is 5.10 Å². The summed E-state index contributed by atoms with van der Waals surface area (Å²) in [6.45, 7) is 8.65. The highest BCUT2D eigenvalue weighted by molar-refractivity contribution is 7.17. The van der Waals surface area contributed by atoms with Crippen LogP contribution in [0.3, 0.4) is 0 Å². The summed E-state index contributed by atoms with van der Waals surface area (Å²) < 4.78 is 6.97. The third-order valence-corrected chi connectivity index (χ3v) is 6.59. The van der Waals surface area contributed by atoms with Gasteiger partial charge < -0.3 is 19.9 Å². The van der Waals surface area contributed by atoms with Gasteiger partial charge in [-0.25, -0.2) is 19.3 Å². The Hall–Kier alpha value is -3.47. The third kappa shape index (κ3) is 3.68. The van der Waals surface area contributed by atoms with E-state index in [1.165, 1.54) is 4.88 Å². The Kier molecular flexibility index (Phi) is 5.25. The number of benzene rings is 1. The number of aryl methyl sites for hydroxylation is 2. The fourth-order valence-corrected chi connectivity index (χ4v) is 4.62. The Bertz CT molecular complexity index is 1290. The highest BCUT2D eigenvalue weighted by Crippen LogP contribution is 2.29. The zero-order valence-electron chi connectivity index (χ0n) is 18.2. The SMILES string of the molecule is CCOC(=O)N1CCN(c2nc3ccccc3nc2Nc2nc3sc(C)c(C)n3n2)CC1. The largest absolute Gasteiger partial charge is 0.450 e. The van der Waals surface area contributed by atoms with Crippen molar-refractivity contribution in [2.75, 3.05) is 43.0 Å². The van der Waals surface area contributed by atoms with Crippen LogP contribution in [0.4, 0.5) is 22.4 Å². The van der Waals surface area contributed by atoms with Gasteiger partial charge in [-0.1, -0.05) is 23.5 Å². The lowest BCUT2D eigenvalue weighted by atomic mass is 10.3. The van der Waals surface area contributed by atoms with E-state index in [-0.39, 0.29) is 6.09 Å². The van der Waals surface area contributed by atoms with E-state index < -0.39 is 0 Å². The molecule has 0 atom stereocenters. The number of ether oxygens (including phenoxy) is 1. The van der Waals surface area contributed by atoms with Crippen LogP contribution in [0.5, 0.6) is 0 Å². The van der Waals surface area contributed by atoms with Gasteiger partial charge >= 0.3 is 6.09 Å². The van der Waals surface area contributed by atoms with E-state index in [9.17, 15) is 4.79 Å². The lowest BCUT2D eigenvalue weighted by Gasteiger charge is -2.35. The van der Waals surface area contributed by atoms with Crippen molar-refractivity contribution in [1.82, 2.24) is 29.5 Å². The van der Waals surface area contributed by atoms with E-state index in [1.807, 2.05) is 42.6 Å². The molecule has 0 spiro atoms. The van der Waals surface area contributed by atoms with Crippen molar-refractivity contribution in [3.8, 4) is 0 Å². The van der Waals surface area contributed by atoms with Gasteiger partial charge in [0.2, 0.25) is 10.9 Å². The normalized spacial score (nSPS) is 14.3. The van der Waals surface area contributed by atoms with Crippen LogP contribution in [-0.4, -0.2) is 68.3 Å². The summed E-state index contributed by atoms with van der Waals surface area (Å²) in [5.74, 6) is 1.80. The van der Waals surface area contributed by atoms with Gasteiger partial charge in [0.15, 0.2) is 11.6 Å². The van der Waals surface area contributed by atoms with Crippen LogP contribution >= 0.6 is 11.3 Å². The van der Waals surface area contributed by atoms with Gasteiger partial charge in [-0.05, 0) is 32.9 Å². The average Bonchev–Trinajstić information content (AvgIpc) is 3.31. The van der Waals surface area contributed by atoms with E-state index in [1.54, 1.807) is 16.2 Å². The van der Waals surface area contributed by atoms with Crippen LogP contribution in [0.15, 0.2) is 24.3 Å². The van der Waals surface area contributed by atoms with E-state index in [0.717, 1.165) is 27.5 Å². The number of carbonyl (C=O) groups excluding carboxylic acids is 1. The second-order valence-electron chi connectivity index (χ2n) is 7.56. The molecule has 166 valence electrons. The summed E-state index contributed by atoms with van der Waals surface area (Å²) >= 11 is 1.61.